The number of pyridine rings is 2. The summed E-state index contributed by atoms with van der Waals surface area (Å²) in [6.45, 7) is 8.65. The van der Waals surface area contributed by atoms with Gasteiger partial charge in [0.1, 0.15) is 11.4 Å². The monoisotopic (exact) mass is 769 g/mol. The minimum absolute atomic E-state index is 0. The van der Waals surface area contributed by atoms with Gasteiger partial charge in [0.25, 0.3) is 0 Å². The van der Waals surface area contributed by atoms with Gasteiger partial charge >= 0.3 is 0 Å². The molecule has 5 heteroatoms. The maximum absolute atomic E-state index is 14.7. The molecule has 0 aliphatic carbocycles. The fourth-order valence-corrected chi connectivity index (χ4v) is 5.46. The van der Waals surface area contributed by atoms with Crippen LogP contribution in [0.25, 0.3) is 55.6 Å². The second-order valence-electron chi connectivity index (χ2n) is 11.5. The van der Waals surface area contributed by atoms with Gasteiger partial charge < -0.3 is 14.4 Å². The molecule has 0 spiro atoms. The molecule has 0 saturated carbocycles. The number of furan rings is 1. The van der Waals surface area contributed by atoms with E-state index in [1.807, 2.05) is 92.0 Å². The van der Waals surface area contributed by atoms with Crippen LogP contribution >= 0.6 is 0 Å². The first-order valence-corrected chi connectivity index (χ1v) is 14.9. The first-order valence-electron chi connectivity index (χ1n) is 14.9. The quantitative estimate of drug-likeness (QED) is 0.164. The van der Waals surface area contributed by atoms with Crippen molar-refractivity contribution >= 4 is 21.9 Å². The third-order valence-corrected chi connectivity index (χ3v) is 7.62. The summed E-state index contributed by atoms with van der Waals surface area (Å²) in [6, 6.07) is 37.1. The number of hydrogen-bond acceptors (Lipinski definition) is 3. The fourth-order valence-electron chi connectivity index (χ4n) is 5.46. The molecule has 3 heterocycles. The van der Waals surface area contributed by atoms with Crippen LogP contribution in [-0.2, 0) is 26.5 Å². The van der Waals surface area contributed by atoms with Crippen molar-refractivity contribution in [2.24, 2.45) is 5.92 Å². The molecule has 0 amide bonds. The van der Waals surface area contributed by atoms with E-state index < -0.39 is 0 Å². The molecule has 0 bridgehead atoms. The average Bonchev–Trinajstić information content (AvgIpc) is 3.41. The van der Waals surface area contributed by atoms with Crippen LogP contribution in [0.1, 0.15) is 30.5 Å². The van der Waals surface area contributed by atoms with Crippen molar-refractivity contribution in [3.05, 3.63) is 144 Å². The first kappa shape index (κ1) is 32.0. The van der Waals surface area contributed by atoms with Crippen LogP contribution in [0.5, 0.6) is 0 Å². The number of fused-ring (bicyclic) bond motifs is 3. The van der Waals surface area contributed by atoms with Crippen LogP contribution in [0.4, 0.5) is 4.39 Å². The SMILES string of the molecule is Cc1cc(-c2[c-]cccc2)ncc1CC(C)C.Cc1ccnc(-c2[c-]ccc3c2oc2c(-c4ccccc4)c(F)ccc23)c1.[Ir]. The average molecular weight is 769 g/mol. The van der Waals surface area contributed by atoms with Gasteiger partial charge in [-0.05, 0) is 66.9 Å². The van der Waals surface area contributed by atoms with Crippen LogP contribution < -0.4 is 0 Å². The Morgan fingerprint density at radius 1 is 0.778 bits per heavy atom. The summed E-state index contributed by atoms with van der Waals surface area (Å²) in [5.74, 6) is 0.372. The van der Waals surface area contributed by atoms with E-state index in [1.165, 1.54) is 17.2 Å². The molecule has 0 aliphatic heterocycles. The number of nitrogens with zero attached hydrogens (tertiary/aromatic N) is 2. The zero-order valence-corrected chi connectivity index (χ0v) is 28.1. The topological polar surface area (TPSA) is 38.9 Å². The summed E-state index contributed by atoms with van der Waals surface area (Å²) in [4.78, 5) is 8.99. The summed E-state index contributed by atoms with van der Waals surface area (Å²) >= 11 is 0. The maximum atomic E-state index is 14.7. The van der Waals surface area contributed by atoms with Crippen LogP contribution in [0, 0.1) is 37.7 Å². The van der Waals surface area contributed by atoms with Gasteiger partial charge in [-0.3, -0.25) is 0 Å². The molecule has 0 saturated heterocycles. The second-order valence-corrected chi connectivity index (χ2v) is 11.5. The number of halogens is 1. The summed E-state index contributed by atoms with van der Waals surface area (Å²) in [5, 5.41) is 1.81. The Bertz CT molecular complexity index is 2050. The van der Waals surface area contributed by atoms with E-state index in [0.717, 1.165) is 50.8 Å². The minimum Gasteiger partial charge on any atom is -0.500 e. The van der Waals surface area contributed by atoms with Crippen LogP contribution in [0.2, 0.25) is 0 Å². The van der Waals surface area contributed by atoms with Crippen molar-refractivity contribution in [2.75, 3.05) is 0 Å². The molecule has 0 fully saturated rings. The van der Waals surface area contributed by atoms with Crippen molar-refractivity contribution in [3.8, 4) is 33.6 Å². The minimum atomic E-state index is -0.299. The zero-order chi connectivity index (χ0) is 30.6. The molecular formula is C40H33FIrN2O-2. The Hall–Kier alpha value is -4.44. The number of rotatable bonds is 5. The summed E-state index contributed by atoms with van der Waals surface area (Å²) in [6.07, 6.45) is 4.87. The van der Waals surface area contributed by atoms with E-state index in [1.54, 1.807) is 12.3 Å². The molecule has 0 unspecified atom stereocenters. The number of hydrogen-bond donors (Lipinski definition) is 0. The predicted molar refractivity (Wildman–Crippen MR) is 178 cm³/mol. The molecule has 0 aliphatic rings. The standard InChI is InChI=1S/C24H15FNO.C16H18N.Ir/c1-15-12-13-26-21(14-15)19-9-5-8-17-18-10-11-20(25)22(24(18)27-23(17)19)16-6-3-2-4-7-16;1-12(2)9-15-11-17-16(10-13(15)3)14-7-5-4-6-8-14;/h2-8,10-14H,1H3;4-7,10-12H,9H2,1-3H3;/q2*-1;. The van der Waals surface area contributed by atoms with E-state index in [0.29, 0.717) is 22.6 Å². The Labute approximate surface area is 277 Å². The summed E-state index contributed by atoms with van der Waals surface area (Å²) in [7, 11) is 0. The van der Waals surface area contributed by atoms with Gasteiger partial charge in [-0.2, -0.15) is 0 Å². The van der Waals surface area contributed by atoms with Crippen molar-refractivity contribution in [3.63, 3.8) is 0 Å². The summed E-state index contributed by atoms with van der Waals surface area (Å²) < 4.78 is 21.0. The normalized spacial score (nSPS) is 10.9. The Balaban J connectivity index is 0.000000193. The molecular weight excluding hydrogens is 736 g/mol. The number of aromatic nitrogens is 2. The van der Waals surface area contributed by atoms with Gasteiger partial charge in [-0.1, -0.05) is 78.4 Å². The first-order chi connectivity index (χ1) is 21.4. The van der Waals surface area contributed by atoms with Crippen LogP contribution in [0.15, 0.2) is 114 Å². The van der Waals surface area contributed by atoms with Crippen molar-refractivity contribution in [2.45, 2.75) is 34.1 Å². The molecule has 7 rings (SSSR count). The number of benzene rings is 4. The van der Waals surface area contributed by atoms with Gasteiger partial charge in [-0.15, -0.1) is 54.1 Å². The largest absolute Gasteiger partial charge is 0.500 e. The van der Waals surface area contributed by atoms with E-state index in [-0.39, 0.29) is 25.9 Å². The van der Waals surface area contributed by atoms with Crippen LogP contribution in [-0.4, -0.2) is 9.97 Å². The Morgan fingerprint density at radius 3 is 2.27 bits per heavy atom. The number of aryl methyl sites for hydroxylation is 2. The maximum Gasteiger partial charge on any atom is 0.134 e. The third-order valence-electron chi connectivity index (χ3n) is 7.62. The van der Waals surface area contributed by atoms with Gasteiger partial charge in [0.2, 0.25) is 0 Å². The van der Waals surface area contributed by atoms with E-state index in [4.69, 9.17) is 4.42 Å². The Kier molecular flexibility index (Phi) is 10.0. The van der Waals surface area contributed by atoms with Gasteiger partial charge in [0.05, 0.1) is 11.1 Å². The van der Waals surface area contributed by atoms with E-state index in [2.05, 4.69) is 48.9 Å². The molecule has 0 atom stereocenters. The second kappa shape index (κ2) is 14.1. The molecule has 3 aromatic heterocycles. The molecule has 227 valence electrons. The Morgan fingerprint density at radius 2 is 1.56 bits per heavy atom. The van der Waals surface area contributed by atoms with Crippen LogP contribution in [0.3, 0.4) is 0 Å². The smallest absolute Gasteiger partial charge is 0.134 e. The molecule has 45 heavy (non-hydrogen) atoms. The van der Waals surface area contributed by atoms with Gasteiger partial charge in [-0.25, -0.2) is 4.39 Å². The van der Waals surface area contributed by atoms with Gasteiger partial charge in [0, 0.05) is 37.9 Å². The van der Waals surface area contributed by atoms with Crippen molar-refractivity contribution in [1.82, 2.24) is 9.97 Å². The zero-order valence-electron chi connectivity index (χ0n) is 25.7. The molecule has 3 nitrogen and oxygen atoms in total. The molecule has 1 radical (unpaired) electrons. The van der Waals surface area contributed by atoms with E-state index in [9.17, 15) is 4.39 Å². The van der Waals surface area contributed by atoms with Crippen molar-refractivity contribution < 1.29 is 28.9 Å². The molecule has 4 aromatic carbocycles. The van der Waals surface area contributed by atoms with Gasteiger partial charge in [0.15, 0.2) is 0 Å². The summed E-state index contributed by atoms with van der Waals surface area (Å²) in [5.41, 5.74) is 9.91. The fraction of sp³-hybridized carbons (Fsp3) is 0.150. The molecule has 7 aromatic rings. The van der Waals surface area contributed by atoms with Crippen molar-refractivity contribution in [1.29, 1.82) is 0 Å². The third kappa shape index (κ3) is 6.96. The van der Waals surface area contributed by atoms with E-state index >= 15 is 0 Å². The molecule has 0 N–H and O–H groups in total. The predicted octanol–water partition coefficient (Wildman–Crippen LogP) is 10.6.